The van der Waals surface area contributed by atoms with Gasteiger partial charge in [-0.05, 0) is 49.8 Å². The van der Waals surface area contributed by atoms with Crippen molar-refractivity contribution in [2.75, 3.05) is 31.9 Å². The molecular formula is C20H34N2O3S. The Hall–Kier alpha value is -0.950. The highest BCUT2D eigenvalue weighted by Crippen LogP contribution is 2.20. The van der Waals surface area contributed by atoms with Crippen molar-refractivity contribution in [1.29, 1.82) is 0 Å². The van der Waals surface area contributed by atoms with E-state index in [0.717, 1.165) is 44.3 Å². The molecule has 0 unspecified atom stereocenters. The van der Waals surface area contributed by atoms with Crippen molar-refractivity contribution in [3.63, 3.8) is 0 Å². The van der Waals surface area contributed by atoms with Gasteiger partial charge in [-0.15, -0.1) is 0 Å². The number of nitrogens with zero attached hydrogens (tertiary/aromatic N) is 1. The van der Waals surface area contributed by atoms with E-state index in [9.17, 15) is 13.5 Å². The highest BCUT2D eigenvalue weighted by atomic mass is 32.2. The molecule has 5 nitrogen and oxygen atoms in total. The lowest BCUT2D eigenvalue weighted by molar-refractivity contribution is 0.0899. The summed E-state index contributed by atoms with van der Waals surface area (Å²) in [7, 11) is -3.17. The molecule has 1 aromatic rings. The Balaban J connectivity index is 1.70. The van der Waals surface area contributed by atoms with Crippen molar-refractivity contribution in [3.8, 4) is 0 Å². The fraction of sp³-hybridized carbons (Fsp3) is 0.700. The van der Waals surface area contributed by atoms with Crippen LogP contribution in [0.25, 0.3) is 0 Å². The summed E-state index contributed by atoms with van der Waals surface area (Å²) < 4.78 is 27.1. The van der Waals surface area contributed by atoms with Crippen molar-refractivity contribution in [1.82, 2.24) is 9.62 Å². The summed E-state index contributed by atoms with van der Waals surface area (Å²) in [4.78, 5) is 2.27. The van der Waals surface area contributed by atoms with Gasteiger partial charge in [0.15, 0.2) is 0 Å². The van der Waals surface area contributed by atoms with Gasteiger partial charge in [-0.2, -0.15) is 0 Å². The van der Waals surface area contributed by atoms with Gasteiger partial charge in [-0.3, -0.25) is 0 Å². The lowest BCUT2D eigenvalue weighted by Crippen LogP contribution is -2.41. The Bertz CT molecular complexity index is 613. The van der Waals surface area contributed by atoms with Gasteiger partial charge in [0.05, 0.1) is 11.9 Å². The fourth-order valence-corrected chi connectivity index (χ4v) is 5.18. The van der Waals surface area contributed by atoms with Gasteiger partial charge in [0.1, 0.15) is 0 Å². The minimum absolute atomic E-state index is 0.207. The number of hydrogen-bond donors (Lipinski definition) is 2. The minimum Gasteiger partial charge on any atom is -0.387 e. The number of likely N-dealkylation sites (tertiary alicyclic amines) is 1. The molecule has 148 valence electrons. The van der Waals surface area contributed by atoms with Crippen molar-refractivity contribution >= 4 is 10.0 Å². The molecule has 26 heavy (non-hydrogen) atoms. The van der Waals surface area contributed by atoms with Crippen LogP contribution in [0.15, 0.2) is 30.3 Å². The predicted octanol–water partition coefficient (Wildman–Crippen LogP) is 2.79. The zero-order chi connectivity index (χ0) is 19.0. The van der Waals surface area contributed by atoms with Crippen LogP contribution >= 0.6 is 0 Å². The number of aliphatic hydroxyl groups is 1. The van der Waals surface area contributed by atoms with Gasteiger partial charge in [0.25, 0.3) is 0 Å². The van der Waals surface area contributed by atoms with Crippen molar-refractivity contribution in [2.45, 2.75) is 45.6 Å². The van der Waals surface area contributed by atoms with E-state index in [1.165, 1.54) is 0 Å². The first-order valence-electron chi connectivity index (χ1n) is 9.82. The van der Waals surface area contributed by atoms with E-state index in [1.807, 2.05) is 37.3 Å². The molecule has 0 aliphatic carbocycles. The predicted molar refractivity (Wildman–Crippen MR) is 106 cm³/mol. The van der Waals surface area contributed by atoms with Crippen LogP contribution in [-0.4, -0.2) is 50.4 Å². The Morgan fingerprint density at radius 3 is 2.50 bits per heavy atom. The van der Waals surface area contributed by atoms with Crippen LogP contribution in [0, 0.1) is 11.8 Å². The molecule has 1 saturated heterocycles. The number of sulfonamides is 1. The normalized spacial score (nSPS) is 19.3. The third-order valence-corrected chi connectivity index (χ3v) is 6.81. The largest absolute Gasteiger partial charge is 0.387 e. The molecule has 1 fully saturated rings. The van der Waals surface area contributed by atoms with Crippen molar-refractivity contribution in [2.24, 2.45) is 11.8 Å². The molecule has 0 bridgehead atoms. The number of rotatable bonds is 10. The summed E-state index contributed by atoms with van der Waals surface area (Å²) in [5.41, 5.74) is 0.948. The molecule has 0 spiro atoms. The number of piperidine rings is 1. The molecule has 1 heterocycles. The van der Waals surface area contributed by atoms with E-state index >= 15 is 0 Å². The molecule has 6 heteroatoms. The minimum atomic E-state index is -3.17. The molecule has 2 atom stereocenters. The van der Waals surface area contributed by atoms with Gasteiger partial charge >= 0.3 is 0 Å². The summed E-state index contributed by atoms with van der Waals surface area (Å²) in [6, 6.07) is 9.74. The SMILES string of the molecule is CCC[C@H](C)CS(=O)(=O)NCC1CCN(C[C@@H](O)c2ccccc2)CC1. The van der Waals surface area contributed by atoms with Crippen LogP contribution in [0.1, 0.15) is 51.2 Å². The summed E-state index contributed by atoms with van der Waals surface area (Å²) in [6.45, 7) is 7.07. The van der Waals surface area contributed by atoms with Crippen molar-refractivity contribution in [3.05, 3.63) is 35.9 Å². The first-order valence-corrected chi connectivity index (χ1v) is 11.5. The molecule has 1 aliphatic rings. The second kappa shape index (κ2) is 10.4. The average molecular weight is 383 g/mol. The topological polar surface area (TPSA) is 69.6 Å². The molecule has 2 N–H and O–H groups in total. The maximum atomic E-state index is 12.2. The summed E-state index contributed by atoms with van der Waals surface area (Å²) in [5, 5.41) is 10.3. The summed E-state index contributed by atoms with van der Waals surface area (Å²) >= 11 is 0. The average Bonchev–Trinajstić information content (AvgIpc) is 2.61. The number of hydrogen-bond acceptors (Lipinski definition) is 4. The van der Waals surface area contributed by atoms with Crippen LogP contribution in [-0.2, 0) is 10.0 Å². The number of β-amino-alcohol motifs (C(OH)–C–C–N with tert-alkyl or cyclic N) is 1. The molecule has 1 aliphatic heterocycles. The third kappa shape index (κ3) is 7.35. The van der Waals surface area contributed by atoms with Gasteiger partial charge in [0.2, 0.25) is 10.0 Å². The van der Waals surface area contributed by atoms with E-state index < -0.39 is 16.1 Å². The van der Waals surface area contributed by atoms with E-state index in [-0.39, 0.29) is 11.7 Å². The monoisotopic (exact) mass is 382 g/mol. The van der Waals surface area contributed by atoms with Gasteiger partial charge < -0.3 is 10.0 Å². The molecule has 1 aromatic carbocycles. The number of nitrogens with one attached hydrogen (secondary N) is 1. The summed E-state index contributed by atoms with van der Waals surface area (Å²) in [6.07, 6.45) is 3.43. The zero-order valence-corrected chi connectivity index (χ0v) is 16.9. The van der Waals surface area contributed by atoms with E-state index in [2.05, 4.69) is 16.5 Å². The quantitative estimate of drug-likeness (QED) is 0.653. The maximum Gasteiger partial charge on any atom is 0.211 e. The molecule has 0 amide bonds. The molecule has 0 radical (unpaired) electrons. The highest BCUT2D eigenvalue weighted by Gasteiger charge is 2.23. The van der Waals surface area contributed by atoms with Gasteiger partial charge in [-0.1, -0.05) is 50.6 Å². The molecular weight excluding hydrogens is 348 g/mol. The zero-order valence-electron chi connectivity index (χ0n) is 16.1. The first kappa shape index (κ1) is 21.4. The first-order chi connectivity index (χ1) is 12.4. The second-order valence-electron chi connectivity index (χ2n) is 7.69. The Labute approximate surface area is 158 Å². The molecule has 0 aromatic heterocycles. The molecule has 0 saturated carbocycles. The smallest absolute Gasteiger partial charge is 0.211 e. The fourth-order valence-electron chi connectivity index (χ4n) is 3.65. The Morgan fingerprint density at radius 1 is 1.23 bits per heavy atom. The Morgan fingerprint density at radius 2 is 1.88 bits per heavy atom. The highest BCUT2D eigenvalue weighted by molar-refractivity contribution is 7.89. The van der Waals surface area contributed by atoms with Gasteiger partial charge in [0, 0.05) is 13.1 Å². The maximum absolute atomic E-state index is 12.2. The van der Waals surface area contributed by atoms with Crippen LogP contribution in [0.4, 0.5) is 0 Å². The third-order valence-electron chi connectivity index (χ3n) is 5.20. The lowest BCUT2D eigenvalue weighted by Gasteiger charge is -2.33. The standard InChI is InChI=1S/C20H34N2O3S/c1-3-7-17(2)16-26(24,25)21-14-18-10-12-22(13-11-18)15-20(23)19-8-5-4-6-9-19/h4-6,8-9,17-18,20-21,23H,3,7,10-16H2,1-2H3/t17-,20+/m0/s1. The second-order valence-corrected chi connectivity index (χ2v) is 9.55. The van der Waals surface area contributed by atoms with Crippen LogP contribution in [0.5, 0.6) is 0 Å². The van der Waals surface area contributed by atoms with Gasteiger partial charge in [-0.25, -0.2) is 13.1 Å². The lowest BCUT2D eigenvalue weighted by atomic mass is 9.96. The Kier molecular flexibility index (Phi) is 8.54. The van der Waals surface area contributed by atoms with Crippen molar-refractivity contribution < 1.29 is 13.5 Å². The number of aliphatic hydroxyl groups excluding tert-OH is 1. The molecule has 2 rings (SSSR count). The number of benzene rings is 1. The van der Waals surface area contributed by atoms with Crippen LogP contribution in [0.2, 0.25) is 0 Å². The van der Waals surface area contributed by atoms with E-state index in [0.29, 0.717) is 19.0 Å². The summed E-state index contributed by atoms with van der Waals surface area (Å²) in [5.74, 6) is 0.818. The van der Waals surface area contributed by atoms with E-state index in [4.69, 9.17) is 0 Å². The van der Waals surface area contributed by atoms with E-state index in [1.54, 1.807) is 0 Å². The van der Waals surface area contributed by atoms with Crippen LogP contribution < -0.4 is 4.72 Å². The van der Waals surface area contributed by atoms with Crippen LogP contribution in [0.3, 0.4) is 0 Å².